The zero-order chi connectivity index (χ0) is 15.6. The molecular formula is C10H10F3N5O2S. The monoisotopic (exact) mass is 321 g/mol. The average molecular weight is 321 g/mol. The van der Waals surface area contributed by atoms with Crippen molar-refractivity contribution in [1.82, 2.24) is 14.8 Å². The van der Waals surface area contributed by atoms with Crippen molar-refractivity contribution < 1.29 is 22.7 Å². The Morgan fingerprint density at radius 2 is 2.29 bits per heavy atom. The molecule has 0 aromatic carbocycles. The highest BCUT2D eigenvalue weighted by Gasteiger charge is 2.30. The van der Waals surface area contributed by atoms with E-state index in [0.717, 1.165) is 23.1 Å². The molecule has 0 saturated heterocycles. The summed E-state index contributed by atoms with van der Waals surface area (Å²) in [4.78, 5) is 15.6. The number of carbonyl (C=O) groups is 1. The molecule has 3 N–H and O–H groups in total. The number of nitrogens with one attached hydrogen (secondary N) is 1. The minimum absolute atomic E-state index is 0.151. The van der Waals surface area contributed by atoms with Gasteiger partial charge in [-0.1, -0.05) is 0 Å². The summed E-state index contributed by atoms with van der Waals surface area (Å²) in [6.45, 7) is -1.36. The first-order valence-electron chi connectivity index (χ1n) is 5.51. The number of thiazole rings is 1. The second-order valence-corrected chi connectivity index (χ2v) is 4.67. The SMILES string of the molecule is COC(=O)c1c(NCC(F)(F)F)nn(-c2nccs2)c1N. The molecule has 0 radical (unpaired) electrons. The van der Waals surface area contributed by atoms with Gasteiger partial charge in [0.2, 0.25) is 5.13 Å². The Bertz CT molecular complexity index is 638. The highest BCUT2D eigenvalue weighted by Crippen LogP contribution is 2.27. The van der Waals surface area contributed by atoms with Gasteiger partial charge in [-0.15, -0.1) is 16.4 Å². The summed E-state index contributed by atoms with van der Waals surface area (Å²) < 4.78 is 42.4. The molecule has 2 heterocycles. The lowest BCUT2D eigenvalue weighted by molar-refractivity contribution is -0.115. The molecule has 0 atom stereocenters. The van der Waals surface area contributed by atoms with Crippen LogP contribution in [-0.2, 0) is 4.74 Å². The fourth-order valence-corrected chi connectivity index (χ4v) is 2.11. The number of carbonyl (C=O) groups excluding carboxylic acids is 1. The Labute approximate surface area is 120 Å². The zero-order valence-electron chi connectivity index (χ0n) is 10.6. The van der Waals surface area contributed by atoms with E-state index in [9.17, 15) is 18.0 Å². The lowest BCUT2D eigenvalue weighted by atomic mass is 10.3. The van der Waals surface area contributed by atoms with E-state index in [1.54, 1.807) is 5.38 Å². The van der Waals surface area contributed by atoms with Gasteiger partial charge < -0.3 is 15.8 Å². The third-order valence-electron chi connectivity index (χ3n) is 2.37. The minimum Gasteiger partial charge on any atom is -0.465 e. The lowest BCUT2D eigenvalue weighted by Crippen LogP contribution is -2.22. The molecule has 0 spiro atoms. The zero-order valence-corrected chi connectivity index (χ0v) is 11.5. The first-order chi connectivity index (χ1) is 9.83. The van der Waals surface area contributed by atoms with Crippen LogP contribution in [0.25, 0.3) is 5.13 Å². The van der Waals surface area contributed by atoms with E-state index >= 15 is 0 Å². The topological polar surface area (TPSA) is 95.1 Å². The summed E-state index contributed by atoms with van der Waals surface area (Å²) >= 11 is 1.16. The number of anilines is 2. The quantitative estimate of drug-likeness (QED) is 0.832. The number of alkyl halides is 3. The van der Waals surface area contributed by atoms with Crippen molar-refractivity contribution in [2.24, 2.45) is 0 Å². The molecule has 2 aromatic rings. The van der Waals surface area contributed by atoms with E-state index in [4.69, 9.17) is 5.73 Å². The van der Waals surface area contributed by atoms with Gasteiger partial charge in [0, 0.05) is 11.6 Å². The lowest BCUT2D eigenvalue weighted by Gasteiger charge is -2.08. The standard InChI is InChI=1S/C10H10F3N5O2S/c1-20-8(19)5-6(14)18(9-15-2-3-21-9)17-7(5)16-4-10(11,12)13/h2-3H,4,14H2,1H3,(H,16,17). The molecule has 0 fully saturated rings. The first-order valence-corrected chi connectivity index (χ1v) is 6.38. The number of halogens is 3. The molecule has 0 aliphatic rings. The number of nitrogen functional groups attached to an aromatic ring is 1. The Balaban J connectivity index is 2.43. The molecule has 7 nitrogen and oxygen atoms in total. The van der Waals surface area contributed by atoms with E-state index < -0.39 is 18.7 Å². The first kappa shape index (κ1) is 15.1. The Morgan fingerprint density at radius 3 is 2.81 bits per heavy atom. The number of hydrogen-bond donors (Lipinski definition) is 2. The number of hydrogen-bond acceptors (Lipinski definition) is 7. The number of aromatic nitrogens is 3. The Morgan fingerprint density at radius 1 is 1.57 bits per heavy atom. The van der Waals surface area contributed by atoms with Crippen LogP contribution >= 0.6 is 11.3 Å². The number of esters is 1. The van der Waals surface area contributed by atoms with Crippen molar-refractivity contribution in [3.05, 3.63) is 17.1 Å². The Hall–Kier alpha value is -2.30. The van der Waals surface area contributed by atoms with Crippen LogP contribution < -0.4 is 11.1 Å². The maximum Gasteiger partial charge on any atom is 0.405 e. The largest absolute Gasteiger partial charge is 0.465 e. The minimum atomic E-state index is -4.47. The third-order valence-corrected chi connectivity index (χ3v) is 3.11. The normalized spacial score (nSPS) is 11.4. The van der Waals surface area contributed by atoms with Gasteiger partial charge in [0.1, 0.15) is 17.9 Å². The maximum atomic E-state index is 12.3. The molecular weight excluding hydrogens is 311 g/mol. The highest BCUT2D eigenvalue weighted by atomic mass is 32.1. The van der Waals surface area contributed by atoms with Crippen LogP contribution in [0.5, 0.6) is 0 Å². The van der Waals surface area contributed by atoms with Gasteiger partial charge in [-0.25, -0.2) is 9.78 Å². The van der Waals surface area contributed by atoms with Crippen molar-refractivity contribution in [2.75, 3.05) is 24.7 Å². The van der Waals surface area contributed by atoms with Crippen LogP contribution in [0.2, 0.25) is 0 Å². The van der Waals surface area contributed by atoms with Crippen molar-refractivity contribution in [3.8, 4) is 5.13 Å². The average Bonchev–Trinajstić information content (AvgIpc) is 3.02. The van der Waals surface area contributed by atoms with E-state index in [1.807, 2.05) is 5.32 Å². The maximum absolute atomic E-state index is 12.3. The van der Waals surface area contributed by atoms with Crippen LogP contribution in [0, 0.1) is 0 Å². The third kappa shape index (κ3) is 3.24. The van der Waals surface area contributed by atoms with Crippen molar-refractivity contribution in [2.45, 2.75) is 6.18 Å². The van der Waals surface area contributed by atoms with Gasteiger partial charge in [-0.2, -0.15) is 17.9 Å². The number of nitrogens with zero attached hydrogens (tertiary/aromatic N) is 3. The van der Waals surface area contributed by atoms with E-state index in [-0.39, 0.29) is 17.2 Å². The van der Waals surface area contributed by atoms with Crippen molar-refractivity contribution in [3.63, 3.8) is 0 Å². The van der Waals surface area contributed by atoms with Crippen LogP contribution in [0.15, 0.2) is 11.6 Å². The number of nitrogens with two attached hydrogens (primary N) is 1. The summed E-state index contributed by atoms with van der Waals surface area (Å²) in [6, 6.07) is 0. The summed E-state index contributed by atoms with van der Waals surface area (Å²) in [5.41, 5.74) is 5.49. The predicted molar refractivity (Wildman–Crippen MR) is 69.5 cm³/mol. The number of ether oxygens (including phenoxy) is 1. The Kier molecular flexibility index (Phi) is 4.02. The molecule has 2 rings (SSSR count). The van der Waals surface area contributed by atoms with Gasteiger partial charge in [0.25, 0.3) is 0 Å². The van der Waals surface area contributed by atoms with Crippen molar-refractivity contribution >= 4 is 28.9 Å². The molecule has 0 unspecified atom stereocenters. The van der Waals surface area contributed by atoms with Gasteiger partial charge >= 0.3 is 12.1 Å². The molecule has 2 aromatic heterocycles. The number of methoxy groups -OCH3 is 1. The molecule has 21 heavy (non-hydrogen) atoms. The second-order valence-electron chi connectivity index (χ2n) is 3.80. The second kappa shape index (κ2) is 5.60. The van der Waals surface area contributed by atoms with Crippen LogP contribution in [0.4, 0.5) is 24.8 Å². The summed E-state index contributed by atoms with van der Waals surface area (Å²) in [7, 11) is 1.09. The van der Waals surface area contributed by atoms with E-state index in [2.05, 4.69) is 14.8 Å². The fourth-order valence-electron chi connectivity index (χ4n) is 1.51. The fraction of sp³-hybridized carbons (Fsp3) is 0.300. The molecule has 0 bridgehead atoms. The summed E-state index contributed by atoms with van der Waals surface area (Å²) in [5, 5.41) is 7.84. The van der Waals surface area contributed by atoms with E-state index in [0.29, 0.717) is 5.13 Å². The molecule has 114 valence electrons. The van der Waals surface area contributed by atoms with Crippen LogP contribution in [0.3, 0.4) is 0 Å². The number of rotatable bonds is 4. The molecule has 0 aliphatic heterocycles. The predicted octanol–water partition coefficient (Wildman–Crippen LogP) is 1.67. The van der Waals surface area contributed by atoms with Gasteiger partial charge in [-0.3, -0.25) is 0 Å². The highest BCUT2D eigenvalue weighted by molar-refractivity contribution is 7.12. The summed E-state index contributed by atoms with van der Waals surface area (Å²) in [5.74, 6) is -1.35. The molecule has 0 amide bonds. The van der Waals surface area contributed by atoms with E-state index in [1.165, 1.54) is 6.20 Å². The van der Waals surface area contributed by atoms with Gasteiger partial charge in [0.05, 0.1) is 7.11 Å². The summed E-state index contributed by atoms with van der Waals surface area (Å²) in [6.07, 6.45) is -2.99. The molecule has 11 heteroatoms. The van der Waals surface area contributed by atoms with Crippen LogP contribution in [-0.4, -0.2) is 40.6 Å². The van der Waals surface area contributed by atoms with Gasteiger partial charge in [0.15, 0.2) is 5.82 Å². The van der Waals surface area contributed by atoms with Crippen LogP contribution in [0.1, 0.15) is 10.4 Å². The van der Waals surface area contributed by atoms with Gasteiger partial charge in [-0.05, 0) is 0 Å². The van der Waals surface area contributed by atoms with Crippen molar-refractivity contribution in [1.29, 1.82) is 0 Å². The smallest absolute Gasteiger partial charge is 0.405 e. The molecule has 0 saturated carbocycles. The molecule has 0 aliphatic carbocycles.